The summed E-state index contributed by atoms with van der Waals surface area (Å²) in [5.41, 5.74) is 0. The molecule has 2 aliphatic rings. The van der Waals surface area contributed by atoms with Gasteiger partial charge in [-0.1, -0.05) is 0 Å². The highest BCUT2D eigenvalue weighted by Gasteiger charge is 2.50. The van der Waals surface area contributed by atoms with Gasteiger partial charge in [-0.2, -0.15) is 0 Å². The van der Waals surface area contributed by atoms with E-state index in [1.165, 1.54) is 0 Å². The van der Waals surface area contributed by atoms with Gasteiger partial charge in [0.05, 0.1) is 13.2 Å². The monoisotopic (exact) mass is 462 g/mol. The molecule has 0 aromatic heterocycles. The van der Waals surface area contributed by atoms with Crippen LogP contribution in [-0.2, 0) is 23.8 Å². The Morgan fingerprint density at radius 3 is 1.58 bits per heavy atom. The summed E-state index contributed by atoms with van der Waals surface area (Å²) in [4.78, 5) is 18.0. The maximum atomic E-state index is 9.94. The smallest absolute Gasteiger partial charge is 0.300 e. The molecular weight excluding hydrogens is 432 g/mol. The Hall–Kier alpha value is -1.50. The first-order chi connectivity index (χ1) is 14.3. The van der Waals surface area contributed by atoms with Crippen LogP contribution in [0.2, 0.25) is 0 Å². The van der Waals surface area contributed by atoms with E-state index < -0.39 is 86.6 Å². The lowest BCUT2D eigenvalue weighted by Crippen LogP contribution is -2.64. The third kappa shape index (κ3) is 9.26. The molecule has 0 aromatic carbocycles. The van der Waals surface area contributed by atoms with Gasteiger partial charge in [0, 0.05) is 13.8 Å². The van der Waals surface area contributed by atoms with Crippen molar-refractivity contribution in [2.24, 2.45) is 0 Å². The lowest BCUT2D eigenvalue weighted by atomic mass is 9.97. The first-order valence-electron chi connectivity index (χ1n) is 8.93. The van der Waals surface area contributed by atoms with Crippen molar-refractivity contribution in [3.05, 3.63) is 0 Å². The van der Waals surface area contributed by atoms with Crippen LogP contribution in [0.3, 0.4) is 0 Å². The van der Waals surface area contributed by atoms with Crippen LogP contribution in [0.25, 0.3) is 0 Å². The SMILES string of the molecule is CC(=O)O.CC(=O)O.OC[C@H]1O[C@@H](O[C@H]2[C@H](O)[C@@H](O)C(O)O[C@@H]2CO)[C@H](O)[C@@H](O)[C@H]1O. The van der Waals surface area contributed by atoms with Gasteiger partial charge in [-0.25, -0.2) is 0 Å². The number of hydrogen-bond donors (Lipinski definition) is 10. The molecule has 0 amide bonds. The molecule has 2 heterocycles. The minimum atomic E-state index is -1.74. The van der Waals surface area contributed by atoms with Crippen molar-refractivity contribution in [2.75, 3.05) is 13.2 Å². The van der Waals surface area contributed by atoms with Crippen molar-refractivity contribution in [1.82, 2.24) is 0 Å². The van der Waals surface area contributed by atoms with Crippen LogP contribution >= 0.6 is 0 Å². The molecule has 0 saturated carbocycles. The average molecular weight is 462 g/mol. The van der Waals surface area contributed by atoms with Gasteiger partial charge in [-0.05, 0) is 0 Å². The Balaban J connectivity index is 0.000000967. The molecule has 2 rings (SSSR count). The molecular formula is C16H30O15. The minimum Gasteiger partial charge on any atom is -0.481 e. The Kier molecular flexibility index (Phi) is 13.1. The number of aliphatic hydroxyl groups excluding tert-OH is 8. The molecule has 2 aliphatic heterocycles. The summed E-state index contributed by atoms with van der Waals surface area (Å²) in [5, 5.41) is 91.3. The molecule has 15 heteroatoms. The standard InChI is InChI=1S/C12H22O11.2C2H4O2/c13-1-3-5(15)6(16)9(19)12(22-3)23-10-4(2-14)21-11(20)8(18)7(10)17;2*1-2(3)4/h3-20H,1-2H2;2*1H3,(H,3,4)/t3-,4-,5+,6+,7-,8-,9-,10-,11?,12+;;/m1../s1. The van der Waals surface area contributed by atoms with Crippen LogP contribution in [0.15, 0.2) is 0 Å². The van der Waals surface area contributed by atoms with Crippen LogP contribution < -0.4 is 0 Å². The highest BCUT2D eigenvalue weighted by atomic mass is 16.7. The summed E-state index contributed by atoms with van der Waals surface area (Å²) in [6.45, 7) is 0.822. The molecule has 10 N–H and O–H groups in total. The van der Waals surface area contributed by atoms with E-state index in [-0.39, 0.29) is 0 Å². The molecule has 0 aromatic rings. The van der Waals surface area contributed by atoms with Crippen molar-refractivity contribution in [1.29, 1.82) is 0 Å². The maximum absolute atomic E-state index is 9.94. The molecule has 15 nitrogen and oxygen atoms in total. The lowest BCUT2D eigenvalue weighted by molar-refractivity contribution is -0.355. The molecule has 0 spiro atoms. The van der Waals surface area contributed by atoms with Crippen molar-refractivity contribution >= 4 is 11.9 Å². The lowest BCUT2D eigenvalue weighted by Gasteiger charge is -2.45. The van der Waals surface area contributed by atoms with Gasteiger partial charge in [0.25, 0.3) is 11.9 Å². The number of aliphatic carboxylic acids is 2. The molecule has 0 radical (unpaired) electrons. The fourth-order valence-electron chi connectivity index (χ4n) is 2.57. The fourth-order valence-corrected chi connectivity index (χ4v) is 2.57. The highest BCUT2D eigenvalue weighted by molar-refractivity contribution is 5.63. The summed E-state index contributed by atoms with van der Waals surface area (Å²) in [5.74, 6) is -1.67. The quantitative estimate of drug-likeness (QED) is 0.187. The number of rotatable bonds is 4. The zero-order chi connectivity index (χ0) is 24.5. The molecule has 2 saturated heterocycles. The number of ether oxygens (including phenoxy) is 3. The van der Waals surface area contributed by atoms with E-state index in [4.69, 9.17) is 39.1 Å². The van der Waals surface area contributed by atoms with Crippen molar-refractivity contribution in [2.45, 2.75) is 75.3 Å². The number of carboxylic acid groups (broad SMARTS) is 2. The third-order valence-electron chi connectivity index (χ3n) is 3.98. The second kappa shape index (κ2) is 13.8. The van der Waals surface area contributed by atoms with Crippen molar-refractivity contribution in [3.8, 4) is 0 Å². The van der Waals surface area contributed by atoms with E-state index >= 15 is 0 Å². The molecule has 31 heavy (non-hydrogen) atoms. The normalized spacial score (nSPS) is 39.9. The van der Waals surface area contributed by atoms with Gasteiger partial charge >= 0.3 is 0 Å². The van der Waals surface area contributed by atoms with Gasteiger partial charge in [0.1, 0.15) is 48.8 Å². The van der Waals surface area contributed by atoms with Gasteiger partial charge in [0.2, 0.25) is 0 Å². The number of carbonyl (C=O) groups is 2. The summed E-state index contributed by atoms with van der Waals surface area (Å²) in [6.07, 6.45) is -15.6. The average Bonchev–Trinajstić information content (AvgIpc) is 2.67. The summed E-state index contributed by atoms with van der Waals surface area (Å²) < 4.78 is 15.3. The Morgan fingerprint density at radius 1 is 0.710 bits per heavy atom. The highest BCUT2D eigenvalue weighted by Crippen LogP contribution is 2.28. The van der Waals surface area contributed by atoms with Crippen LogP contribution in [0.5, 0.6) is 0 Å². The van der Waals surface area contributed by atoms with E-state index in [9.17, 15) is 35.7 Å². The molecule has 2 fully saturated rings. The minimum absolute atomic E-state index is 0.667. The van der Waals surface area contributed by atoms with E-state index in [1.807, 2.05) is 0 Å². The van der Waals surface area contributed by atoms with E-state index in [0.717, 1.165) is 13.8 Å². The zero-order valence-corrected chi connectivity index (χ0v) is 16.7. The molecule has 0 aliphatic carbocycles. The van der Waals surface area contributed by atoms with Crippen LogP contribution in [0.1, 0.15) is 13.8 Å². The maximum Gasteiger partial charge on any atom is 0.300 e. The second-order valence-electron chi connectivity index (χ2n) is 6.56. The van der Waals surface area contributed by atoms with Gasteiger partial charge in [0.15, 0.2) is 12.6 Å². The molecule has 184 valence electrons. The Morgan fingerprint density at radius 2 is 1.16 bits per heavy atom. The first-order valence-corrected chi connectivity index (χ1v) is 8.93. The summed E-state index contributed by atoms with van der Waals surface area (Å²) >= 11 is 0. The van der Waals surface area contributed by atoms with E-state index in [2.05, 4.69) is 0 Å². The van der Waals surface area contributed by atoms with Crippen molar-refractivity contribution < 1.29 is 74.9 Å². The van der Waals surface area contributed by atoms with Crippen LogP contribution in [-0.4, -0.2) is 138 Å². The van der Waals surface area contributed by atoms with Gasteiger partial charge in [-0.3, -0.25) is 9.59 Å². The molecule has 0 bridgehead atoms. The molecule has 1 unspecified atom stereocenters. The topological polar surface area (TPSA) is 264 Å². The van der Waals surface area contributed by atoms with Gasteiger partial charge in [-0.15, -0.1) is 0 Å². The zero-order valence-electron chi connectivity index (χ0n) is 16.7. The van der Waals surface area contributed by atoms with Crippen molar-refractivity contribution in [3.63, 3.8) is 0 Å². The van der Waals surface area contributed by atoms with Gasteiger partial charge < -0.3 is 65.3 Å². The molecule has 10 atom stereocenters. The van der Waals surface area contributed by atoms with E-state index in [1.54, 1.807) is 0 Å². The predicted molar refractivity (Wildman–Crippen MR) is 95.2 cm³/mol. The summed E-state index contributed by atoms with van der Waals surface area (Å²) in [6, 6.07) is 0. The predicted octanol–water partition coefficient (Wildman–Crippen LogP) is -5.22. The Bertz CT molecular complexity index is 521. The largest absolute Gasteiger partial charge is 0.481 e. The summed E-state index contributed by atoms with van der Waals surface area (Å²) in [7, 11) is 0. The second-order valence-corrected chi connectivity index (χ2v) is 6.56. The number of carboxylic acids is 2. The van der Waals surface area contributed by atoms with Crippen LogP contribution in [0.4, 0.5) is 0 Å². The fraction of sp³-hybridized carbons (Fsp3) is 0.875. The first kappa shape index (κ1) is 29.5. The third-order valence-corrected chi connectivity index (χ3v) is 3.98. The Labute approximate surface area is 176 Å². The number of aliphatic hydroxyl groups is 8. The van der Waals surface area contributed by atoms with E-state index in [0.29, 0.717) is 0 Å². The van der Waals surface area contributed by atoms with Crippen LogP contribution in [0, 0.1) is 0 Å². The number of hydrogen-bond acceptors (Lipinski definition) is 13.